The minimum absolute atomic E-state index is 0.0387. The van der Waals surface area contributed by atoms with E-state index in [0.29, 0.717) is 25.3 Å². The molecule has 0 spiro atoms. The maximum Gasteiger partial charge on any atom is 0.260 e. The highest BCUT2D eigenvalue weighted by molar-refractivity contribution is 7.89. The summed E-state index contributed by atoms with van der Waals surface area (Å²) in [6, 6.07) is 17.0. The van der Waals surface area contributed by atoms with Crippen molar-refractivity contribution < 1.29 is 17.6 Å². The van der Waals surface area contributed by atoms with Gasteiger partial charge < -0.3 is 0 Å². The summed E-state index contributed by atoms with van der Waals surface area (Å²) in [6.07, 6.45) is 0. The Morgan fingerprint density at radius 3 is 2.30 bits per heavy atom. The Morgan fingerprint density at radius 2 is 1.57 bits per heavy atom. The Morgan fingerprint density at radius 1 is 0.867 bits per heavy atom. The number of anilines is 1. The first-order valence-corrected chi connectivity index (χ1v) is 11.2. The smallest absolute Gasteiger partial charge is 0.260 e. The Kier molecular flexibility index (Phi) is 4.57. The highest BCUT2D eigenvalue weighted by Gasteiger charge is 2.34. The molecule has 2 aliphatic rings. The van der Waals surface area contributed by atoms with E-state index >= 15 is 0 Å². The van der Waals surface area contributed by atoms with E-state index in [0.717, 1.165) is 22.5 Å². The van der Waals surface area contributed by atoms with Crippen molar-refractivity contribution >= 4 is 32.4 Å². The average Bonchev–Trinajstić information content (AvgIpc) is 3.02. The highest BCUT2D eigenvalue weighted by Crippen LogP contribution is 2.37. The van der Waals surface area contributed by atoms with E-state index in [-0.39, 0.29) is 23.9 Å². The van der Waals surface area contributed by atoms with Gasteiger partial charge in [0.2, 0.25) is 10.0 Å². The Hall–Kier alpha value is -2.81. The van der Waals surface area contributed by atoms with Crippen LogP contribution in [-0.4, -0.2) is 56.4 Å². The van der Waals surface area contributed by atoms with Gasteiger partial charge in [0.25, 0.3) is 5.91 Å². The second kappa shape index (κ2) is 7.16. The summed E-state index contributed by atoms with van der Waals surface area (Å²) in [7, 11) is -3.88. The van der Waals surface area contributed by atoms with Crippen LogP contribution in [0.2, 0.25) is 0 Å². The molecule has 0 bridgehead atoms. The van der Waals surface area contributed by atoms with Gasteiger partial charge in [0, 0.05) is 37.1 Å². The van der Waals surface area contributed by atoms with E-state index in [1.807, 2.05) is 36.4 Å². The fourth-order valence-electron chi connectivity index (χ4n) is 4.22. The fraction of sp³-hybridized carbons (Fsp3) is 0.227. The molecule has 2 heterocycles. The van der Waals surface area contributed by atoms with Gasteiger partial charge in [-0.25, -0.2) is 12.8 Å². The second-order valence-electron chi connectivity index (χ2n) is 7.51. The zero-order valence-corrected chi connectivity index (χ0v) is 17.0. The zero-order valence-electron chi connectivity index (χ0n) is 16.2. The van der Waals surface area contributed by atoms with E-state index in [1.54, 1.807) is 4.90 Å². The molecule has 0 radical (unpaired) electrons. The summed E-state index contributed by atoms with van der Waals surface area (Å²) in [5.41, 5.74) is 1.58. The van der Waals surface area contributed by atoms with Crippen LogP contribution < -0.4 is 4.90 Å². The number of halogens is 1. The number of carbonyl (C=O) groups excluding carboxylic acids is 1. The van der Waals surface area contributed by atoms with Crippen molar-refractivity contribution in [2.75, 3.05) is 37.7 Å². The van der Waals surface area contributed by atoms with Gasteiger partial charge in [-0.05, 0) is 29.7 Å². The molecule has 0 unspecified atom stereocenters. The molecule has 1 fully saturated rings. The van der Waals surface area contributed by atoms with E-state index < -0.39 is 15.8 Å². The number of rotatable bonds is 4. The molecule has 3 aromatic carbocycles. The van der Waals surface area contributed by atoms with Crippen LogP contribution in [0.4, 0.5) is 10.1 Å². The first-order chi connectivity index (χ1) is 14.5. The van der Waals surface area contributed by atoms with Crippen LogP contribution in [-0.2, 0) is 10.0 Å². The lowest BCUT2D eigenvalue weighted by Crippen LogP contribution is -2.52. The molecule has 3 aromatic rings. The van der Waals surface area contributed by atoms with Crippen molar-refractivity contribution in [2.45, 2.75) is 4.90 Å². The molecular formula is C22H20FN3O3S. The molecule has 154 valence electrons. The van der Waals surface area contributed by atoms with Crippen LogP contribution in [0.3, 0.4) is 0 Å². The van der Waals surface area contributed by atoms with Crippen LogP contribution in [0.1, 0.15) is 10.4 Å². The second-order valence-corrected chi connectivity index (χ2v) is 9.41. The molecule has 30 heavy (non-hydrogen) atoms. The third-order valence-electron chi connectivity index (χ3n) is 5.78. The first kappa shape index (κ1) is 19.2. The number of nitrogens with zero attached hydrogens (tertiary/aromatic N) is 3. The van der Waals surface area contributed by atoms with E-state index in [1.165, 1.54) is 22.5 Å². The van der Waals surface area contributed by atoms with Crippen molar-refractivity contribution in [3.05, 3.63) is 72.0 Å². The topological polar surface area (TPSA) is 60.9 Å². The van der Waals surface area contributed by atoms with Crippen LogP contribution in [0.25, 0.3) is 10.8 Å². The molecule has 2 aliphatic heterocycles. The Bertz CT molecular complexity index is 1250. The van der Waals surface area contributed by atoms with Crippen LogP contribution in [0, 0.1) is 5.82 Å². The van der Waals surface area contributed by atoms with E-state index in [4.69, 9.17) is 0 Å². The molecule has 0 atom stereocenters. The summed E-state index contributed by atoms with van der Waals surface area (Å²) in [4.78, 5) is 16.5. The lowest BCUT2D eigenvalue weighted by Gasteiger charge is -2.36. The molecule has 1 amide bonds. The van der Waals surface area contributed by atoms with Crippen molar-refractivity contribution in [3.8, 4) is 0 Å². The Balaban J connectivity index is 1.31. The van der Waals surface area contributed by atoms with E-state index in [9.17, 15) is 17.6 Å². The molecule has 5 rings (SSSR count). The average molecular weight is 425 g/mol. The van der Waals surface area contributed by atoms with Gasteiger partial charge in [-0.3, -0.25) is 14.6 Å². The predicted octanol–water partition coefficient (Wildman–Crippen LogP) is 2.90. The molecule has 1 saturated heterocycles. The van der Waals surface area contributed by atoms with Crippen LogP contribution in [0.15, 0.2) is 65.6 Å². The lowest BCUT2D eigenvalue weighted by atomic mass is 10.1. The number of carbonyl (C=O) groups is 1. The van der Waals surface area contributed by atoms with Gasteiger partial charge >= 0.3 is 0 Å². The van der Waals surface area contributed by atoms with Crippen molar-refractivity contribution in [1.82, 2.24) is 9.21 Å². The SMILES string of the molecule is O=C1c2cccc3cccc(c23)N1CN1CCN(S(=O)(=O)c2ccccc2F)CC1. The fourth-order valence-corrected chi connectivity index (χ4v) is 5.71. The Labute approximate surface area is 174 Å². The van der Waals surface area contributed by atoms with Gasteiger partial charge in [-0.15, -0.1) is 0 Å². The molecule has 0 N–H and O–H groups in total. The minimum Gasteiger partial charge on any atom is -0.294 e. The van der Waals surface area contributed by atoms with Gasteiger partial charge in [-0.2, -0.15) is 4.31 Å². The third kappa shape index (κ3) is 2.99. The molecule has 0 aliphatic carbocycles. The van der Waals surface area contributed by atoms with E-state index in [2.05, 4.69) is 4.90 Å². The number of piperazine rings is 1. The summed E-state index contributed by atoms with van der Waals surface area (Å²) in [6.45, 7) is 1.81. The number of benzene rings is 3. The van der Waals surface area contributed by atoms with Gasteiger partial charge in [-0.1, -0.05) is 36.4 Å². The molecule has 0 aromatic heterocycles. The largest absolute Gasteiger partial charge is 0.294 e. The highest BCUT2D eigenvalue weighted by atomic mass is 32.2. The maximum absolute atomic E-state index is 14.0. The van der Waals surface area contributed by atoms with Gasteiger partial charge in [0.05, 0.1) is 12.4 Å². The summed E-state index contributed by atoms with van der Waals surface area (Å²) >= 11 is 0. The van der Waals surface area contributed by atoms with Crippen LogP contribution >= 0.6 is 0 Å². The van der Waals surface area contributed by atoms with Crippen molar-refractivity contribution in [3.63, 3.8) is 0 Å². The van der Waals surface area contributed by atoms with Crippen LogP contribution in [0.5, 0.6) is 0 Å². The number of hydrogen-bond acceptors (Lipinski definition) is 4. The quantitative estimate of drug-likeness (QED) is 0.645. The number of amides is 1. The summed E-state index contributed by atoms with van der Waals surface area (Å²) < 4.78 is 40.9. The van der Waals surface area contributed by atoms with Crippen molar-refractivity contribution in [2.24, 2.45) is 0 Å². The number of sulfonamides is 1. The third-order valence-corrected chi connectivity index (χ3v) is 7.71. The minimum atomic E-state index is -3.88. The lowest BCUT2D eigenvalue weighted by molar-refractivity contribution is 0.0963. The first-order valence-electron chi connectivity index (χ1n) is 9.77. The zero-order chi connectivity index (χ0) is 20.9. The summed E-state index contributed by atoms with van der Waals surface area (Å²) in [5, 5.41) is 1.99. The predicted molar refractivity (Wildman–Crippen MR) is 112 cm³/mol. The normalized spacial score (nSPS) is 17.8. The van der Waals surface area contributed by atoms with Gasteiger partial charge in [0.15, 0.2) is 0 Å². The number of hydrogen-bond donors (Lipinski definition) is 0. The molecule has 6 nitrogen and oxygen atoms in total. The summed E-state index contributed by atoms with van der Waals surface area (Å²) in [5.74, 6) is -0.781. The van der Waals surface area contributed by atoms with Crippen molar-refractivity contribution in [1.29, 1.82) is 0 Å². The van der Waals surface area contributed by atoms with Gasteiger partial charge in [0.1, 0.15) is 10.7 Å². The monoisotopic (exact) mass is 425 g/mol. The molecule has 0 saturated carbocycles. The maximum atomic E-state index is 14.0. The standard InChI is InChI=1S/C22H20FN3O3S/c23-18-8-1-2-10-20(18)30(28,29)25-13-11-24(12-14-25)15-26-19-9-4-6-16-5-3-7-17(21(16)19)22(26)27/h1-10H,11-15H2. The molecule has 8 heteroatoms. The molecular weight excluding hydrogens is 405 g/mol.